The average molecular weight is 246 g/mol. The normalized spacial score (nSPS) is 20.5. The highest BCUT2D eigenvalue weighted by Crippen LogP contribution is 2.44. The van der Waals surface area contributed by atoms with Gasteiger partial charge in [0.15, 0.2) is 0 Å². The van der Waals surface area contributed by atoms with Gasteiger partial charge >= 0.3 is 0 Å². The Hall–Kier alpha value is -0.310. The maximum atomic E-state index is 11.4. The number of halogens is 1. The van der Waals surface area contributed by atoms with Gasteiger partial charge in [-0.15, -0.1) is 0 Å². The van der Waals surface area contributed by atoms with Crippen LogP contribution in [0.2, 0.25) is 0 Å². The lowest BCUT2D eigenvalue weighted by molar-refractivity contribution is -0.131. The van der Waals surface area contributed by atoms with Gasteiger partial charge in [0, 0.05) is 16.9 Å². The summed E-state index contributed by atoms with van der Waals surface area (Å²) in [5.74, 6) is 0.391. The van der Waals surface area contributed by atoms with E-state index in [0.717, 1.165) is 17.3 Å². The first-order chi connectivity index (χ1) is 5.91. The van der Waals surface area contributed by atoms with E-state index in [-0.39, 0.29) is 11.8 Å². The maximum Gasteiger partial charge on any atom is 0.223 e. The molecular formula is C10H16BrNO. The predicted octanol–water partition coefficient (Wildman–Crippen LogP) is 2.45. The topological polar surface area (TPSA) is 29.1 Å². The molecule has 0 atom stereocenters. The van der Waals surface area contributed by atoms with Gasteiger partial charge in [0.05, 0.1) is 0 Å². The zero-order valence-corrected chi connectivity index (χ0v) is 9.78. The highest BCUT2D eigenvalue weighted by Gasteiger charge is 2.39. The van der Waals surface area contributed by atoms with Crippen molar-refractivity contribution in [2.75, 3.05) is 6.54 Å². The molecule has 0 saturated heterocycles. The molecule has 74 valence electrons. The molecule has 0 aromatic rings. The van der Waals surface area contributed by atoms with Gasteiger partial charge in [-0.3, -0.25) is 4.79 Å². The number of nitrogens with one attached hydrogen (secondary N) is 1. The van der Waals surface area contributed by atoms with E-state index < -0.39 is 0 Å². The van der Waals surface area contributed by atoms with Gasteiger partial charge in [-0.2, -0.15) is 0 Å². The minimum Gasteiger partial charge on any atom is -0.351 e. The second-order valence-electron chi connectivity index (χ2n) is 4.50. The molecule has 1 N–H and O–H groups in total. The van der Waals surface area contributed by atoms with Crippen molar-refractivity contribution in [2.24, 2.45) is 11.3 Å². The van der Waals surface area contributed by atoms with Gasteiger partial charge in [0.25, 0.3) is 0 Å². The lowest BCUT2D eigenvalue weighted by Crippen LogP contribution is -2.42. The quantitative estimate of drug-likeness (QED) is 0.814. The minimum atomic E-state index is 0.167. The first-order valence-electron chi connectivity index (χ1n) is 4.52. The van der Waals surface area contributed by atoms with Crippen LogP contribution in [0, 0.1) is 11.3 Å². The zero-order chi connectivity index (χ0) is 10.1. The number of hydrogen-bond acceptors (Lipinski definition) is 1. The molecule has 0 heterocycles. The van der Waals surface area contributed by atoms with E-state index in [1.165, 1.54) is 0 Å². The van der Waals surface area contributed by atoms with Crippen molar-refractivity contribution in [2.45, 2.75) is 26.7 Å². The highest BCUT2D eigenvalue weighted by molar-refractivity contribution is 9.11. The second-order valence-corrected chi connectivity index (χ2v) is 5.63. The van der Waals surface area contributed by atoms with Crippen LogP contribution in [-0.4, -0.2) is 12.5 Å². The van der Waals surface area contributed by atoms with Crippen LogP contribution in [0.3, 0.4) is 0 Å². The van der Waals surface area contributed by atoms with Gasteiger partial charge in [-0.25, -0.2) is 0 Å². The average Bonchev–Trinajstić information content (AvgIpc) is 1.95. The summed E-state index contributed by atoms with van der Waals surface area (Å²) in [5.41, 5.74) is 0.368. The van der Waals surface area contributed by atoms with Crippen molar-refractivity contribution >= 4 is 21.8 Å². The zero-order valence-electron chi connectivity index (χ0n) is 8.19. The maximum absolute atomic E-state index is 11.4. The Morgan fingerprint density at radius 1 is 1.62 bits per heavy atom. The number of amides is 1. The largest absolute Gasteiger partial charge is 0.351 e. The number of hydrogen-bond donors (Lipinski definition) is 1. The number of carbonyl (C=O) groups excluding carboxylic acids is 1. The third-order valence-corrected chi connectivity index (χ3v) is 2.70. The van der Waals surface area contributed by atoms with Gasteiger partial charge in [-0.05, 0) is 18.3 Å². The summed E-state index contributed by atoms with van der Waals surface area (Å²) in [7, 11) is 0. The van der Waals surface area contributed by atoms with Gasteiger partial charge in [-0.1, -0.05) is 36.4 Å². The molecular weight excluding hydrogens is 230 g/mol. The fourth-order valence-corrected chi connectivity index (χ4v) is 1.93. The molecule has 1 aliphatic carbocycles. The van der Waals surface area contributed by atoms with Gasteiger partial charge < -0.3 is 5.32 Å². The van der Waals surface area contributed by atoms with Crippen molar-refractivity contribution in [3.05, 3.63) is 11.1 Å². The summed E-state index contributed by atoms with van der Waals surface area (Å²) in [6.45, 7) is 8.59. The smallest absolute Gasteiger partial charge is 0.223 e. The van der Waals surface area contributed by atoms with Crippen LogP contribution in [0.15, 0.2) is 11.1 Å². The van der Waals surface area contributed by atoms with E-state index in [0.29, 0.717) is 12.0 Å². The molecule has 1 amide bonds. The van der Waals surface area contributed by atoms with E-state index in [9.17, 15) is 4.79 Å². The Balaban J connectivity index is 2.23. The first kappa shape index (κ1) is 10.8. The van der Waals surface area contributed by atoms with Crippen LogP contribution in [-0.2, 0) is 4.79 Å². The molecule has 1 saturated carbocycles. The molecule has 0 bridgehead atoms. The Bertz CT molecular complexity index is 227. The van der Waals surface area contributed by atoms with Crippen molar-refractivity contribution in [1.29, 1.82) is 0 Å². The van der Waals surface area contributed by atoms with Crippen molar-refractivity contribution in [1.82, 2.24) is 5.32 Å². The van der Waals surface area contributed by atoms with E-state index >= 15 is 0 Å². The molecule has 0 aliphatic heterocycles. The fourth-order valence-electron chi connectivity index (χ4n) is 1.79. The summed E-state index contributed by atoms with van der Waals surface area (Å²) in [6.07, 6.45) is 2.02. The molecule has 0 radical (unpaired) electrons. The Morgan fingerprint density at radius 2 is 2.15 bits per heavy atom. The molecule has 2 nitrogen and oxygen atoms in total. The van der Waals surface area contributed by atoms with Crippen LogP contribution in [0.25, 0.3) is 0 Å². The molecule has 0 aromatic carbocycles. The number of carbonyl (C=O) groups is 1. The minimum absolute atomic E-state index is 0.167. The summed E-state index contributed by atoms with van der Waals surface area (Å²) in [5, 5.41) is 2.84. The Labute approximate surface area is 87.9 Å². The standard InChI is InChI=1S/C10H16BrNO/c1-7(11)6-12-9(13)8-4-10(2,3)5-8/h8H,1,4-6H2,2-3H3,(H,12,13). The van der Waals surface area contributed by atoms with Gasteiger partial charge in [0.2, 0.25) is 5.91 Å². The summed E-state index contributed by atoms with van der Waals surface area (Å²) in [4.78, 5) is 11.4. The van der Waals surface area contributed by atoms with Crippen LogP contribution < -0.4 is 5.32 Å². The third kappa shape index (κ3) is 3.14. The fraction of sp³-hybridized carbons (Fsp3) is 0.700. The van der Waals surface area contributed by atoms with Crippen molar-refractivity contribution in [3.8, 4) is 0 Å². The predicted molar refractivity (Wildman–Crippen MR) is 57.6 cm³/mol. The second kappa shape index (κ2) is 3.82. The van der Waals surface area contributed by atoms with Crippen LogP contribution in [0.5, 0.6) is 0 Å². The molecule has 1 rings (SSSR count). The molecule has 13 heavy (non-hydrogen) atoms. The summed E-state index contributed by atoms with van der Waals surface area (Å²) in [6, 6.07) is 0. The monoisotopic (exact) mass is 245 g/mol. The summed E-state index contributed by atoms with van der Waals surface area (Å²) >= 11 is 3.21. The Morgan fingerprint density at radius 3 is 2.54 bits per heavy atom. The van der Waals surface area contributed by atoms with Crippen molar-refractivity contribution in [3.63, 3.8) is 0 Å². The van der Waals surface area contributed by atoms with Crippen LogP contribution >= 0.6 is 15.9 Å². The van der Waals surface area contributed by atoms with Gasteiger partial charge in [0.1, 0.15) is 0 Å². The summed E-state index contributed by atoms with van der Waals surface area (Å²) < 4.78 is 0.819. The molecule has 0 aromatic heterocycles. The lowest BCUT2D eigenvalue weighted by atomic mass is 9.64. The molecule has 0 spiro atoms. The van der Waals surface area contributed by atoms with E-state index in [1.807, 2.05) is 0 Å². The molecule has 1 aliphatic rings. The molecule has 1 fully saturated rings. The lowest BCUT2D eigenvalue weighted by Gasteiger charge is -2.41. The first-order valence-corrected chi connectivity index (χ1v) is 5.31. The molecule has 3 heteroatoms. The van der Waals surface area contributed by atoms with E-state index in [4.69, 9.17) is 0 Å². The highest BCUT2D eigenvalue weighted by atomic mass is 79.9. The van der Waals surface area contributed by atoms with Crippen LogP contribution in [0.4, 0.5) is 0 Å². The Kier molecular flexibility index (Phi) is 3.17. The van der Waals surface area contributed by atoms with E-state index in [2.05, 4.69) is 41.7 Å². The SMILES string of the molecule is C=C(Br)CNC(=O)C1CC(C)(C)C1. The third-order valence-electron chi connectivity index (χ3n) is 2.42. The van der Waals surface area contributed by atoms with Crippen LogP contribution in [0.1, 0.15) is 26.7 Å². The number of rotatable bonds is 3. The van der Waals surface area contributed by atoms with Crippen molar-refractivity contribution < 1.29 is 4.79 Å². The molecule has 0 unspecified atom stereocenters. The van der Waals surface area contributed by atoms with E-state index in [1.54, 1.807) is 0 Å².